The lowest BCUT2D eigenvalue weighted by atomic mass is 10.0. The predicted molar refractivity (Wildman–Crippen MR) is 89.7 cm³/mol. The molecule has 3 atom stereocenters. The zero-order valence-corrected chi connectivity index (χ0v) is 14.7. The summed E-state index contributed by atoms with van der Waals surface area (Å²) < 4.78 is 0. The van der Waals surface area contributed by atoms with Gasteiger partial charge in [0.2, 0.25) is 5.91 Å². The Morgan fingerprint density at radius 1 is 1.30 bits per heavy atom. The van der Waals surface area contributed by atoms with Gasteiger partial charge in [-0.25, -0.2) is 0 Å². The maximum absolute atomic E-state index is 11.8. The molecule has 122 valence electrons. The van der Waals surface area contributed by atoms with Crippen LogP contribution in [0.5, 0.6) is 0 Å². The van der Waals surface area contributed by atoms with Gasteiger partial charge in [-0.1, -0.05) is 20.8 Å². The minimum Gasteiger partial charge on any atom is -0.355 e. The molecule has 6 heteroatoms. The maximum atomic E-state index is 11.8. The summed E-state index contributed by atoms with van der Waals surface area (Å²) in [6.45, 7) is 12.5. The maximum Gasteiger partial charge on any atom is 0.224 e. The minimum absolute atomic E-state index is 0. The lowest BCUT2D eigenvalue weighted by molar-refractivity contribution is -0.125. The molecule has 0 saturated carbocycles. The Hall–Kier alpha value is -0.0300. The number of nitrogens with two attached hydrogens (primary N) is 1. The van der Waals surface area contributed by atoms with Crippen LogP contribution >= 0.6 is 24.8 Å². The number of halogens is 2. The number of amides is 1. The Bertz CT molecular complexity index is 275. The largest absolute Gasteiger partial charge is 0.355 e. The number of likely N-dealkylation sites (tertiary alicyclic amines) is 1. The molecule has 0 radical (unpaired) electrons. The van der Waals surface area contributed by atoms with Crippen molar-refractivity contribution in [1.29, 1.82) is 0 Å². The fourth-order valence-corrected chi connectivity index (χ4v) is 2.41. The average Bonchev–Trinajstić information content (AvgIpc) is 2.71. The van der Waals surface area contributed by atoms with Crippen molar-refractivity contribution in [2.75, 3.05) is 26.2 Å². The number of nitrogens with zero attached hydrogens (tertiary/aromatic N) is 1. The third-order valence-corrected chi connectivity index (χ3v) is 3.76. The van der Waals surface area contributed by atoms with E-state index in [1.807, 2.05) is 13.8 Å². The molecule has 4 nitrogen and oxygen atoms in total. The van der Waals surface area contributed by atoms with Crippen molar-refractivity contribution < 1.29 is 4.79 Å². The first-order valence-electron chi connectivity index (χ1n) is 7.15. The van der Waals surface area contributed by atoms with Gasteiger partial charge in [0, 0.05) is 31.6 Å². The van der Waals surface area contributed by atoms with Crippen LogP contribution in [0.2, 0.25) is 0 Å². The highest BCUT2D eigenvalue weighted by Crippen LogP contribution is 2.16. The van der Waals surface area contributed by atoms with E-state index in [4.69, 9.17) is 5.73 Å². The van der Waals surface area contributed by atoms with Gasteiger partial charge >= 0.3 is 0 Å². The molecule has 0 aromatic carbocycles. The van der Waals surface area contributed by atoms with Gasteiger partial charge in [-0.2, -0.15) is 0 Å². The minimum atomic E-state index is -0.0989. The second-order valence-corrected chi connectivity index (χ2v) is 6.20. The standard InChI is InChI=1S/C14H29N3O.2ClH/c1-10(2)8-17-6-5-13(9-17)7-16-14(18)11(3)12(4)15;;/h10-13H,5-9,15H2,1-4H3,(H,16,18);2*1H. The molecule has 0 bridgehead atoms. The molecule has 1 aliphatic heterocycles. The van der Waals surface area contributed by atoms with Gasteiger partial charge in [0.25, 0.3) is 0 Å². The summed E-state index contributed by atoms with van der Waals surface area (Å²) in [5.41, 5.74) is 5.73. The summed E-state index contributed by atoms with van der Waals surface area (Å²) in [5, 5.41) is 3.03. The number of hydrogen-bond donors (Lipinski definition) is 2. The van der Waals surface area contributed by atoms with Crippen molar-refractivity contribution in [1.82, 2.24) is 10.2 Å². The van der Waals surface area contributed by atoms with Crippen molar-refractivity contribution in [2.24, 2.45) is 23.5 Å². The zero-order valence-electron chi connectivity index (χ0n) is 13.1. The van der Waals surface area contributed by atoms with Crippen molar-refractivity contribution in [3.8, 4) is 0 Å². The van der Waals surface area contributed by atoms with E-state index in [0.29, 0.717) is 5.92 Å². The molecule has 1 fully saturated rings. The average molecular weight is 328 g/mol. The first-order chi connectivity index (χ1) is 8.40. The molecule has 1 rings (SSSR count). The van der Waals surface area contributed by atoms with Crippen molar-refractivity contribution in [2.45, 2.75) is 40.2 Å². The highest BCUT2D eigenvalue weighted by molar-refractivity contribution is 5.85. The van der Waals surface area contributed by atoms with Gasteiger partial charge in [-0.3, -0.25) is 4.79 Å². The molecule has 0 aromatic rings. The molecular formula is C14H31Cl2N3O. The fourth-order valence-electron chi connectivity index (χ4n) is 2.41. The van der Waals surface area contributed by atoms with Gasteiger partial charge in [0.05, 0.1) is 0 Å². The first-order valence-corrected chi connectivity index (χ1v) is 7.15. The SMILES string of the molecule is CC(C)CN1CCC(CNC(=O)C(C)C(C)N)C1.Cl.Cl. The highest BCUT2D eigenvalue weighted by Gasteiger charge is 2.24. The summed E-state index contributed by atoms with van der Waals surface area (Å²) in [4.78, 5) is 14.3. The molecular weight excluding hydrogens is 297 g/mol. The third kappa shape index (κ3) is 7.67. The van der Waals surface area contributed by atoms with Crippen LogP contribution in [0.3, 0.4) is 0 Å². The molecule has 0 aromatic heterocycles. The van der Waals surface area contributed by atoms with Gasteiger partial charge < -0.3 is 16.0 Å². The molecule has 3 N–H and O–H groups in total. The Labute approximate surface area is 136 Å². The number of carbonyl (C=O) groups is 1. The Kier molecular flexibility index (Phi) is 11.9. The molecule has 3 unspecified atom stereocenters. The number of hydrogen-bond acceptors (Lipinski definition) is 3. The summed E-state index contributed by atoms with van der Waals surface area (Å²) in [6.07, 6.45) is 1.19. The van der Waals surface area contributed by atoms with Gasteiger partial charge in [-0.05, 0) is 31.7 Å². The van der Waals surface area contributed by atoms with Crippen LogP contribution in [0, 0.1) is 17.8 Å². The topological polar surface area (TPSA) is 58.4 Å². The lowest BCUT2D eigenvalue weighted by Gasteiger charge is -2.19. The third-order valence-electron chi connectivity index (χ3n) is 3.76. The second kappa shape index (κ2) is 10.7. The Balaban J connectivity index is 0. The molecule has 1 aliphatic rings. The summed E-state index contributed by atoms with van der Waals surface area (Å²) in [6, 6.07) is -0.0778. The zero-order chi connectivity index (χ0) is 13.7. The molecule has 0 aliphatic carbocycles. The predicted octanol–water partition coefficient (Wildman–Crippen LogP) is 1.91. The summed E-state index contributed by atoms with van der Waals surface area (Å²) in [7, 11) is 0. The van der Waals surface area contributed by atoms with E-state index in [-0.39, 0.29) is 42.7 Å². The Morgan fingerprint density at radius 2 is 1.90 bits per heavy atom. The number of rotatable bonds is 6. The van der Waals surface area contributed by atoms with Crippen LogP contribution < -0.4 is 11.1 Å². The molecule has 1 heterocycles. The van der Waals surface area contributed by atoms with Crippen LogP contribution in [0.15, 0.2) is 0 Å². The van der Waals surface area contributed by atoms with E-state index in [9.17, 15) is 4.79 Å². The normalized spacial score (nSPS) is 21.8. The van der Waals surface area contributed by atoms with Gasteiger partial charge in [0.15, 0.2) is 0 Å². The van der Waals surface area contributed by atoms with Crippen molar-refractivity contribution in [3.63, 3.8) is 0 Å². The van der Waals surface area contributed by atoms with E-state index in [1.54, 1.807) is 0 Å². The monoisotopic (exact) mass is 327 g/mol. The molecule has 1 saturated heterocycles. The lowest BCUT2D eigenvalue weighted by Crippen LogP contribution is -2.40. The second-order valence-electron chi connectivity index (χ2n) is 6.20. The summed E-state index contributed by atoms with van der Waals surface area (Å²) >= 11 is 0. The first kappa shape index (κ1) is 22.3. The molecule has 0 spiro atoms. The van der Waals surface area contributed by atoms with Crippen LogP contribution in [0.1, 0.15) is 34.1 Å². The fraction of sp³-hybridized carbons (Fsp3) is 0.929. The quantitative estimate of drug-likeness (QED) is 0.783. The molecule has 1 amide bonds. The van der Waals surface area contributed by atoms with E-state index >= 15 is 0 Å². The number of nitrogens with one attached hydrogen (secondary N) is 1. The Morgan fingerprint density at radius 3 is 2.40 bits per heavy atom. The van der Waals surface area contributed by atoms with E-state index < -0.39 is 0 Å². The van der Waals surface area contributed by atoms with Gasteiger partial charge in [0.1, 0.15) is 0 Å². The van der Waals surface area contributed by atoms with Crippen LogP contribution in [0.25, 0.3) is 0 Å². The van der Waals surface area contributed by atoms with Crippen molar-refractivity contribution in [3.05, 3.63) is 0 Å². The van der Waals surface area contributed by atoms with Crippen LogP contribution in [-0.4, -0.2) is 43.0 Å². The smallest absolute Gasteiger partial charge is 0.224 e. The summed E-state index contributed by atoms with van der Waals surface area (Å²) in [5.74, 6) is 1.31. The van der Waals surface area contributed by atoms with Gasteiger partial charge in [-0.15, -0.1) is 24.8 Å². The van der Waals surface area contributed by atoms with Crippen molar-refractivity contribution >= 4 is 30.7 Å². The van der Waals surface area contributed by atoms with E-state index in [2.05, 4.69) is 24.1 Å². The van der Waals surface area contributed by atoms with E-state index in [0.717, 1.165) is 19.0 Å². The van der Waals surface area contributed by atoms with Crippen LogP contribution in [0.4, 0.5) is 0 Å². The van der Waals surface area contributed by atoms with E-state index in [1.165, 1.54) is 19.5 Å². The number of carbonyl (C=O) groups excluding carboxylic acids is 1. The molecule has 20 heavy (non-hydrogen) atoms. The van der Waals surface area contributed by atoms with Crippen LogP contribution in [-0.2, 0) is 4.79 Å². The highest BCUT2D eigenvalue weighted by atomic mass is 35.5.